The molecule has 0 bridgehead atoms. The number of aryl methyl sites for hydroxylation is 1. The summed E-state index contributed by atoms with van der Waals surface area (Å²) in [5, 5.41) is 26.0. The molecule has 0 aliphatic heterocycles. The lowest BCUT2D eigenvalue weighted by Crippen LogP contribution is -2.14. The maximum absolute atomic E-state index is 12.7. The molecule has 0 aliphatic rings. The van der Waals surface area contributed by atoms with Crippen molar-refractivity contribution in [2.75, 3.05) is 11.9 Å². The van der Waals surface area contributed by atoms with Crippen LogP contribution in [-0.4, -0.2) is 37.3 Å². The second-order valence-corrected chi connectivity index (χ2v) is 6.72. The fraction of sp³-hybridized carbons (Fsp3) is 0.136. The van der Waals surface area contributed by atoms with Crippen molar-refractivity contribution in [3.05, 3.63) is 83.6 Å². The van der Waals surface area contributed by atoms with Gasteiger partial charge in [-0.3, -0.25) is 4.79 Å². The van der Waals surface area contributed by atoms with Crippen LogP contribution < -0.4 is 5.32 Å². The smallest absolute Gasteiger partial charge is 0.256 e. The van der Waals surface area contributed by atoms with Gasteiger partial charge in [0.15, 0.2) is 5.65 Å². The number of aliphatic hydroxyl groups excluding tert-OH is 2. The summed E-state index contributed by atoms with van der Waals surface area (Å²) in [6, 6.07) is 19.8. The van der Waals surface area contributed by atoms with E-state index in [-0.39, 0.29) is 12.5 Å². The lowest BCUT2D eigenvalue weighted by Gasteiger charge is -2.11. The van der Waals surface area contributed by atoms with Gasteiger partial charge in [-0.2, -0.15) is 5.10 Å². The van der Waals surface area contributed by atoms with E-state index in [2.05, 4.69) is 15.4 Å². The van der Waals surface area contributed by atoms with Crippen LogP contribution in [0.2, 0.25) is 0 Å². The Morgan fingerprint density at radius 3 is 2.52 bits per heavy atom. The molecular formula is C22H20N4O3. The van der Waals surface area contributed by atoms with E-state index in [4.69, 9.17) is 5.11 Å². The Hall–Kier alpha value is -3.55. The minimum atomic E-state index is -0.963. The molecule has 7 heteroatoms. The molecule has 29 heavy (non-hydrogen) atoms. The van der Waals surface area contributed by atoms with Crippen LogP contribution in [-0.2, 0) is 0 Å². The monoisotopic (exact) mass is 388 g/mol. The maximum Gasteiger partial charge on any atom is 0.256 e. The molecule has 2 aromatic heterocycles. The molecule has 1 atom stereocenters. The van der Waals surface area contributed by atoms with E-state index in [0.29, 0.717) is 22.6 Å². The summed E-state index contributed by atoms with van der Waals surface area (Å²) in [5.41, 5.74) is 4.22. The number of aromatic nitrogens is 3. The van der Waals surface area contributed by atoms with Gasteiger partial charge in [-0.15, -0.1) is 0 Å². The van der Waals surface area contributed by atoms with Gasteiger partial charge < -0.3 is 15.5 Å². The highest BCUT2D eigenvalue weighted by Gasteiger charge is 2.14. The summed E-state index contributed by atoms with van der Waals surface area (Å²) in [4.78, 5) is 17.2. The lowest BCUT2D eigenvalue weighted by atomic mass is 10.1. The van der Waals surface area contributed by atoms with Crippen molar-refractivity contribution in [3.8, 4) is 11.3 Å². The zero-order chi connectivity index (χ0) is 20.4. The van der Waals surface area contributed by atoms with Gasteiger partial charge in [0.25, 0.3) is 5.91 Å². The summed E-state index contributed by atoms with van der Waals surface area (Å²) < 4.78 is 1.76. The lowest BCUT2D eigenvalue weighted by molar-refractivity contribution is 0.0954. The molecule has 4 aromatic rings. The maximum atomic E-state index is 12.7. The number of carbonyl (C=O) groups is 1. The number of nitrogens with one attached hydrogen (secondary N) is 1. The standard InChI is InChI=1S/C22H20N4O3/c1-14-11-21-23-20(12-18(26(21)25-14)15-5-3-2-4-6-15)24-22(29)17-9-7-16(8-10-17)19(28)13-27/h2-12,19,27-28H,13H2,1H3,(H,23,24,29)/t19-/m0/s1. The number of amides is 1. The highest BCUT2D eigenvalue weighted by atomic mass is 16.3. The second-order valence-electron chi connectivity index (χ2n) is 6.72. The molecule has 0 saturated carbocycles. The van der Waals surface area contributed by atoms with Crippen molar-refractivity contribution in [3.63, 3.8) is 0 Å². The van der Waals surface area contributed by atoms with E-state index in [1.807, 2.05) is 43.3 Å². The van der Waals surface area contributed by atoms with Crippen molar-refractivity contribution in [2.24, 2.45) is 0 Å². The summed E-state index contributed by atoms with van der Waals surface area (Å²) in [6.07, 6.45) is -0.963. The molecule has 3 N–H and O–H groups in total. The SMILES string of the molecule is Cc1cc2nc(NC(=O)c3ccc([C@@H](O)CO)cc3)cc(-c3ccccc3)n2n1. The third-order valence-electron chi connectivity index (χ3n) is 4.59. The normalized spacial score (nSPS) is 12.1. The summed E-state index contributed by atoms with van der Waals surface area (Å²) in [6.45, 7) is 1.52. The largest absolute Gasteiger partial charge is 0.393 e. The van der Waals surface area contributed by atoms with E-state index < -0.39 is 6.10 Å². The van der Waals surface area contributed by atoms with Crippen molar-refractivity contribution in [2.45, 2.75) is 13.0 Å². The van der Waals surface area contributed by atoms with Crippen LogP contribution in [0.4, 0.5) is 5.82 Å². The van der Waals surface area contributed by atoms with Crippen LogP contribution >= 0.6 is 0 Å². The van der Waals surface area contributed by atoms with E-state index in [0.717, 1.165) is 17.0 Å². The van der Waals surface area contributed by atoms with Crippen LogP contribution in [0.1, 0.15) is 27.7 Å². The number of nitrogens with zero attached hydrogens (tertiary/aromatic N) is 3. The predicted molar refractivity (Wildman–Crippen MR) is 110 cm³/mol. The first kappa shape index (κ1) is 18.8. The van der Waals surface area contributed by atoms with Crippen LogP contribution in [0, 0.1) is 6.92 Å². The van der Waals surface area contributed by atoms with E-state index in [9.17, 15) is 9.90 Å². The minimum Gasteiger partial charge on any atom is -0.393 e. The molecule has 0 spiro atoms. The van der Waals surface area contributed by atoms with Crippen molar-refractivity contribution >= 4 is 17.4 Å². The molecule has 2 aromatic carbocycles. The number of aliphatic hydroxyl groups is 2. The van der Waals surface area contributed by atoms with Crippen LogP contribution in [0.5, 0.6) is 0 Å². The highest BCUT2D eigenvalue weighted by Crippen LogP contribution is 2.24. The van der Waals surface area contributed by atoms with Crippen LogP contribution in [0.3, 0.4) is 0 Å². The highest BCUT2D eigenvalue weighted by molar-refractivity contribution is 6.04. The van der Waals surface area contributed by atoms with E-state index in [1.54, 1.807) is 34.8 Å². The molecule has 1 amide bonds. The van der Waals surface area contributed by atoms with Gasteiger partial charge in [0, 0.05) is 23.3 Å². The third kappa shape index (κ3) is 3.87. The second kappa shape index (κ2) is 7.83. The molecule has 0 radical (unpaired) electrons. The molecular weight excluding hydrogens is 368 g/mol. The minimum absolute atomic E-state index is 0.317. The quantitative estimate of drug-likeness (QED) is 0.488. The topological polar surface area (TPSA) is 99.8 Å². The average Bonchev–Trinajstić information content (AvgIpc) is 3.13. The molecule has 0 aliphatic carbocycles. The Kier molecular flexibility index (Phi) is 5.07. The van der Waals surface area contributed by atoms with Gasteiger partial charge in [-0.05, 0) is 24.6 Å². The predicted octanol–water partition coefficient (Wildman–Crippen LogP) is 2.98. The Bertz CT molecular complexity index is 1150. The molecule has 4 rings (SSSR count). The number of hydrogen-bond acceptors (Lipinski definition) is 5. The molecule has 2 heterocycles. The van der Waals surface area contributed by atoms with Gasteiger partial charge in [-0.1, -0.05) is 42.5 Å². The first-order valence-corrected chi connectivity index (χ1v) is 9.18. The number of benzene rings is 2. The Morgan fingerprint density at radius 1 is 1.10 bits per heavy atom. The molecule has 0 fully saturated rings. The number of fused-ring (bicyclic) bond motifs is 1. The van der Waals surface area contributed by atoms with Crippen LogP contribution in [0.25, 0.3) is 16.9 Å². The van der Waals surface area contributed by atoms with E-state index >= 15 is 0 Å². The Balaban J connectivity index is 1.66. The molecule has 7 nitrogen and oxygen atoms in total. The first-order chi connectivity index (χ1) is 14.0. The molecule has 0 saturated heterocycles. The fourth-order valence-electron chi connectivity index (χ4n) is 3.12. The molecule has 0 unspecified atom stereocenters. The third-order valence-corrected chi connectivity index (χ3v) is 4.59. The number of anilines is 1. The van der Waals surface area contributed by atoms with Gasteiger partial charge in [0.2, 0.25) is 0 Å². The van der Waals surface area contributed by atoms with Crippen molar-refractivity contribution in [1.29, 1.82) is 0 Å². The van der Waals surface area contributed by atoms with Crippen molar-refractivity contribution in [1.82, 2.24) is 14.6 Å². The first-order valence-electron chi connectivity index (χ1n) is 9.18. The zero-order valence-corrected chi connectivity index (χ0v) is 15.8. The molecule has 146 valence electrons. The van der Waals surface area contributed by atoms with Gasteiger partial charge >= 0.3 is 0 Å². The fourth-order valence-corrected chi connectivity index (χ4v) is 3.12. The summed E-state index contributed by atoms with van der Waals surface area (Å²) >= 11 is 0. The van der Waals surface area contributed by atoms with Gasteiger partial charge in [0.05, 0.1) is 18.0 Å². The summed E-state index contributed by atoms with van der Waals surface area (Å²) in [5.74, 6) is 0.0999. The van der Waals surface area contributed by atoms with Gasteiger partial charge in [0.1, 0.15) is 11.9 Å². The Morgan fingerprint density at radius 2 is 1.83 bits per heavy atom. The number of carbonyl (C=O) groups excluding carboxylic acids is 1. The average molecular weight is 388 g/mol. The number of rotatable bonds is 5. The van der Waals surface area contributed by atoms with E-state index in [1.165, 1.54) is 0 Å². The Labute approximate surface area is 167 Å². The summed E-state index contributed by atoms with van der Waals surface area (Å²) in [7, 11) is 0. The van der Waals surface area contributed by atoms with Crippen LogP contribution in [0.15, 0.2) is 66.7 Å². The zero-order valence-electron chi connectivity index (χ0n) is 15.8. The number of hydrogen-bond donors (Lipinski definition) is 3. The van der Waals surface area contributed by atoms with Crippen molar-refractivity contribution < 1.29 is 15.0 Å². The van der Waals surface area contributed by atoms with Gasteiger partial charge in [-0.25, -0.2) is 9.50 Å².